The Labute approximate surface area is 127 Å². The van der Waals surface area contributed by atoms with Gasteiger partial charge in [-0.25, -0.2) is 0 Å². The summed E-state index contributed by atoms with van der Waals surface area (Å²) in [6.07, 6.45) is 0. The molecule has 2 unspecified atom stereocenters. The van der Waals surface area contributed by atoms with Gasteiger partial charge in [-0.15, -0.1) is 12.4 Å². The fourth-order valence-electron chi connectivity index (χ4n) is 1.95. The van der Waals surface area contributed by atoms with Gasteiger partial charge in [-0.3, -0.25) is 4.79 Å². The highest BCUT2D eigenvalue weighted by Crippen LogP contribution is 2.22. The first-order valence-corrected chi connectivity index (χ1v) is 6.83. The minimum atomic E-state index is -0.247. The lowest BCUT2D eigenvalue weighted by Crippen LogP contribution is -2.51. The van der Waals surface area contributed by atoms with E-state index in [1.54, 1.807) is 0 Å². The number of hydrogen-bond acceptors (Lipinski definition) is 3. The molecule has 1 aliphatic rings. The van der Waals surface area contributed by atoms with E-state index < -0.39 is 0 Å². The first kappa shape index (κ1) is 16.4. The quantitative estimate of drug-likeness (QED) is 0.878. The van der Waals surface area contributed by atoms with Crippen LogP contribution in [0, 0.1) is 0 Å². The molecular formula is C13H18BrClN2O2. The Morgan fingerprint density at radius 2 is 2.26 bits per heavy atom. The third-order valence-corrected chi connectivity index (χ3v) is 3.69. The van der Waals surface area contributed by atoms with Gasteiger partial charge in [-0.2, -0.15) is 0 Å². The maximum absolute atomic E-state index is 12.0. The molecule has 0 spiro atoms. The van der Waals surface area contributed by atoms with Gasteiger partial charge >= 0.3 is 0 Å². The zero-order chi connectivity index (χ0) is 13.0. The highest BCUT2D eigenvalue weighted by atomic mass is 79.9. The molecule has 0 bridgehead atoms. The Hall–Kier alpha value is -0.620. The van der Waals surface area contributed by atoms with E-state index in [1.807, 2.05) is 31.2 Å². The van der Waals surface area contributed by atoms with Crippen LogP contribution in [0.5, 0.6) is 0 Å². The number of nitrogens with one attached hydrogen (secondary N) is 2. The van der Waals surface area contributed by atoms with E-state index >= 15 is 0 Å². The third-order valence-electron chi connectivity index (χ3n) is 2.97. The molecule has 2 atom stereocenters. The summed E-state index contributed by atoms with van der Waals surface area (Å²) in [6, 6.07) is 7.61. The monoisotopic (exact) mass is 348 g/mol. The molecule has 1 aliphatic heterocycles. The Morgan fingerprint density at radius 1 is 1.53 bits per heavy atom. The summed E-state index contributed by atoms with van der Waals surface area (Å²) in [5.41, 5.74) is 1.07. The molecule has 0 radical (unpaired) electrons. The first-order valence-electron chi connectivity index (χ1n) is 6.04. The number of carbonyl (C=O) groups excluding carboxylic acids is 1. The van der Waals surface area contributed by atoms with Gasteiger partial charge < -0.3 is 15.4 Å². The van der Waals surface area contributed by atoms with E-state index in [9.17, 15) is 4.79 Å². The van der Waals surface area contributed by atoms with Crippen LogP contribution in [0.3, 0.4) is 0 Å². The molecule has 0 aromatic heterocycles. The number of carbonyl (C=O) groups is 1. The number of morpholine rings is 1. The van der Waals surface area contributed by atoms with E-state index in [-0.39, 0.29) is 30.4 Å². The van der Waals surface area contributed by atoms with Crippen molar-refractivity contribution in [2.24, 2.45) is 0 Å². The van der Waals surface area contributed by atoms with Crippen LogP contribution in [-0.4, -0.2) is 31.7 Å². The fraction of sp³-hybridized carbons (Fsp3) is 0.462. The van der Waals surface area contributed by atoms with E-state index in [2.05, 4.69) is 26.6 Å². The minimum Gasteiger partial charge on any atom is -0.378 e. The Bertz CT molecular complexity index is 425. The van der Waals surface area contributed by atoms with Crippen molar-refractivity contribution < 1.29 is 9.53 Å². The second-order valence-electron chi connectivity index (χ2n) is 4.33. The number of rotatable bonds is 3. The number of ether oxygens (including phenoxy) is 1. The second kappa shape index (κ2) is 7.85. The van der Waals surface area contributed by atoms with Crippen LogP contribution >= 0.6 is 28.3 Å². The number of benzene rings is 1. The third kappa shape index (κ3) is 4.45. The van der Waals surface area contributed by atoms with E-state index in [0.29, 0.717) is 13.2 Å². The summed E-state index contributed by atoms with van der Waals surface area (Å²) >= 11 is 3.49. The molecule has 2 N–H and O–H groups in total. The summed E-state index contributed by atoms with van der Waals surface area (Å²) in [5.74, 6) is -0.0158. The van der Waals surface area contributed by atoms with Gasteiger partial charge in [0.05, 0.1) is 19.3 Å². The molecular weight excluding hydrogens is 332 g/mol. The fourth-order valence-corrected chi connectivity index (χ4v) is 2.58. The molecule has 1 fully saturated rings. The zero-order valence-corrected chi connectivity index (χ0v) is 13.1. The van der Waals surface area contributed by atoms with Gasteiger partial charge in [0.15, 0.2) is 0 Å². The predicted molar refractivity (Wildman–Crippen MR) is 80.6 cm³/mol. The van der Waals surface area contributed by atoms with Gasteiger partial charge in [0, 0.05) is 11.0 Å². The highest BCUT2D eigenvalue weighted by molar-refractivity contribution is 9.10. The molecule has 4 nitrogen and oxygen atoms in total. The van der Waals surface area contributed by atoms with Crippen molar-refractivity contribution in [2.75, 3.05) is 19.8 Å². The number of amides is 1. The SMILES string of the molecule is CC(NC(=O)C1COCCN1)c1ccccc1Br.Cl. The molecule has 1 saturated heterocycles. The van der Waals surface area contributed by atoms with Crippen LogP contribution < -0.4 is 10.6 Å². The standard InChI is InChI=1S/C13H17BrN2O2.ClH/c1-9(10-4-2-3-5-11(10)14)16-13(17)12-8-18-7-6-15-12;/h2-5,9,12,15H,6-8H2,1H3,(H,16,17);1H. The Kier molecular flexibility index (Phi) is 6.79. The number of hydrogen-bond donors (Lipinski definition) is 2. The average Bonchev–Trinajstić information content (AvgIpc) is 2.40. The van der Waals surface area contributed by atoms with Crippen molar-refractivity contribution in [1.82, 2.24) is 10.6 Å². The minimum absolute atomic E-state index is 0. The molecule has 19 heavy (non-hydrogen) atoms. The van der Waals surface area contributed by atoms with Crippen molar-refractivity contribution in [3.8, 4) is 0 Å². The largest absolute Gasteiger partial charge is 0.378 e. The van der Waals surface area contributed by atoms with Crippen LogP contribution in [0.25, 0.3) is 0 Å². The normalized spacial score (nSPS) is 20.2. The van der Waals surface area contributed by atoms with Crippen molar-refractivity contribution in [2.45, 2.75) is 19.0 Å². The summed E-state index contributed by atoms with van der Waals surface area (Å²) in [6.45, 7) is 3.81. The van der Waals surface area contributed by atoms with Crippen molar-refractivity contribution in [3.63, 3.8) is 0 Å². The molecule has 6 heteroatoms. The van der Waals surface area contributed by atoms with Gasteiger partial charge in [0.25, 0.3) is 0 Å². The lowest BCUT2D eigenvalue weighted by atomic mass is 10.1. The number of halogens is 2. The molecule has 1 amide bonds. The summed E-state index contributed by atoms with van der Waals surface area (Å²) in [4.78, 5) is 12.0. The van der Waals surface area contributed by atoms with E-state index in [4.69, 9.17) is 4.74 Å². The van der Waals surface area contributed by atoms with Gasteiger partial charge in [0.2, 0.25) is 5.91 Å². The summed E-state index contributed by atoms with van der Waals surface area (Å²) in [7, 11) is 0. The molecule has 1 aromatic rings. The van der Waals surface area contributed by atoms with Crippen LogP contribution in [0.1, 0.15) is 18.5 Å². The highest BCUT2D eigenvalue weighted by Gasteiger charge is 2.23. The van der Waals surface area contributed by atoms with Gasteiger partial charge in [-0.05, 0) is 18.6 Å². The van der Waals surface area contributed by atoms with Crippen LogP contribution in [0.4, 0.5) is 0 Å². The summed E-state index contributed by atoms with van der Waals surface area (Å²) in [5, 5.41) is 6.14. The Balaban J connectivity index is 0.00000180. The predicted octanol–water partition coefficient (Wildman–Crippen LogP) is 2.04. The lowest BCUT2D eigenvalue weighted by Gasteiger charge is -2.25. The van der Waals surface area contributed by atoms with E-state index in [1.165, 1.54) is 0 Å². The molecule has 1 aromatic carbocycles. The van der Waals surface area contributed by atoms with Crippen molar-refractivity contribution >= 4 is 34.2 Å². The van der Waals surface area contributed by atoms with Crippen LogP contribution in [0.15, 0.2) is 28.7 Å². The summed E-state index contributed by atoms with van der Waals surface area (Å²) < 4.78 is 6.29. The molecule has 1 heterocycles. The molecule has 0 aliphatic carbocycles. The molecule has 2 rings (SSSR count). The zero-order valence-electron chi connectivity index (χ0n) is 10.7. The van der Waals surface area contributed by atoms with Gasteiger partial charge in [0.1, 0.15) is 6.04 Å². The second-order valence-corrected chi connectivity index (χ2v) is 5.19. The smallest absolute Gasteiger partial charge is 0.240 e. The Morgan fingerprint density at radius 3 is 2.89 bits per heavy atom. The van der Waals surface area contributed by atoms with Crippen LogP contribution in [-0.2, 0) is 9.53 Å². The van der Waals surface area contributed by atoms with Gasteiger partial charge in [-0.1, -0.05) is 34.1 Å². The van der Waals surface area contributed by atoms with Crippen molar-refractivity contribution in [3.05, 3.63) is 34.3 Å². The van der Waals surface area contributed by atoms with E-state index in [0.717, 1.165) is 16.6 Å². The first-order chi connectivity index (χ1) is 8.68. The molecule has 106 valence electrons. The van der Waals surface area contributed by atoms with Crippen LogP contribution in [0.2, 0.25) is 0 Å². The maximum Gasteiger partial charge on any atom is 0.240 e. The average molecular weight is 350 g/mol. The molecule has 0 saturated carbocycles. The maximum atomic E-state index is 12.0. The lowest BCUT2D eigenvalue weighted by molar-refractivity contribution is -0.126. The van der Waals surface area contributed by atoms with Crippen molar-refractivity contribution in [1.29, 1.82) is 0 Å². The topological polar surface area (TPSA) is 50.4 Å².